The van der Waals surface area contributed by atoms with Gasteiger partial charge in [-0.1, -0.05) is 23.2 Å². The maximum Gasteiger partial charge on any atom is 0.159 e. The summed E-state index contributed by atoms with van der Waals surface area (Å²) in [5.74, 6) is -0.0203. The van der Waals surface area contributed by atoms with Crippen LogP contribution in [0.1, 0.15) is 23.0 Å². The molecule has 1 heterocycles. The quantitative estimate of drug-likeness (QED) is 0.779. The van der Waals surface area contributed by atoms with Gasteiger partial charge in [0.2, 0.25) is 0 Å². The molecule has 0 saturated carbocycles. The van der Waals surface area contributed by atoms with Crippen molar-refractivity contribution in [2.24, 2.45) is 0 Å². The van der Waals surface area contributed by atoms with Crippen molar-refractivity contribution in [2.75, 3.05) is 0 Å². The molecule has 1 aromatic heterocycles. The minimum Gasteiger partial charge on any atom is -0.295 e. The Bertz CT molecular complexity index is 571. The van der Waals surface area contributed by atoms with E-state index < -0.39 is 0 Å². The first kappa shape index (κ1) is 12.1. The Morgan fingerprint density at radius 3 is 2.47 bits per heavy atom. The molecule has 88 valence electrons. The first-order valence-electron chi connectivity index (χ1n) is 5.01. The maximum absolute atomic E-state index is 11.2. The summed E-state index contributed by atoms with van der Waals surface area (Å²) >= 11 is 12.0. The summed E-state index contributed by atoms with van der Waals surface area (Å²) in [6.07, 6.45) is 1.69. The van der Waals surface area contributed by atoms with E-state index in [1.54, 1.807) is 29.1 Å². The predicted octanol–water partition coefficient (Wildman–Crippen LogP) is 3.69. The van der Waals surface area contributed by atoms with Crippen molar-refractivity contribution < 1.29 is 4.79 Å². The van der Waals surface area contributed by atoms with Gasteiger partial charge in [-0.3, -0.25) is 4.79 Å². The number of aromatic nitrogens is 2. The topological polar surface area (TPSA) is 34.9 Å². The highest BCUT2D eigenvalue weighted by molar-refractivity contribution is 6.33. The van der Waals surface area contributed by atoms with Crippen molar-refractivity contribution in [1.29, 1.82) is 0 Å². The zero-order valence-electron chi connectivity index (χ0n) is 9.37. The molecule has 17 heavy (non-hydrogen) atoms. The Hall–Kier alpha value is -1.32. The van der Waals surface area contributed by atoms with Crippen LogP contribution in [0.2, 0.25) is 10.0 Å². The van der Waals surface area contributed by atoms with Gasteiger partial charge in [0, 0.05) is 11.8 Å². The Kier molecular flexibility index (Phi) is 3.22. The van der Waals surface area contributed by atoms with Crippen molar-refractivity contribution in [2.45, 2.75) is 13.8 Å². The highest BCUT2D eigenvalue weighted by Gasteiger charge is 2.09. The third-order valence-electron chi connectivity index (χ3n) is 2.44. The number of halogens is 2. The molecule has 0 unspecified atom stereocenters. The summed E-state index contributed by atoms with van der Waals surface area (Å²) in [6, 6.07) is 5.10. The van der Waals surface area contributed by atoms with Gasteiger partial charge in [0.25, 0.3) is 0 Å². The number of hydrogen-bond acceptors (Lipinski definition) is 2. The van der Waals surface area contributed by atoms with Gasteiger partial charge in [-0.2, -0.15) is 5.10 Å². The van der Waals surface area contributed by atoms with E-state index in [4.69, 9.17) is 23.2 Å². The van der Waals surface area contributed by atoms with Crippen molar-refractivity contribution in [3.05, 3.63) is 45.7 Å². The number of carbonyl (C=O) groups is 1. The van der Waals surface area contributed by atoms with Gasteiger partial charge in [0.1, 0.15) is 0 Å². The highest BCUT2D eigenvalue weighted by Crippen LogP contribution is 2.24. The molecule has 0 bridgehead atoms. The highest BCUT2D eigenvalue weighted by atomic mass is 35.5. The fourth-order valence-corrected chi connectivity index (χ4v) is 1.87. The molecule has 0 aliphatic heterocycles. The van der Waals surface area contributed by atoms with Gasteiger partial charge >= 0.3 is 0 Å². The first-order chi connectivity index (χ1) is 7.99. The second kappa shape index (κ2) is 4.51. The zero-order valence-corrected chi connectivity index (χ0v) is 10.9. The second-order valence-electron chi connectivity index (χ2n) is 3.73. The van der Waals surface area contributed by atoms with Crippen LogP contribution in [0, 0.1) is 6.92 Å². The number of aryl methyl sites for hydroxylation is 1. The number of Topliss-reactive ketones (excluding diaryl/α,β-unsaturated/α-hetero) is 1. The van der Waals surface area contributed by atoms with E-state index >= 15 is 0 Å². The molecule has 2 aromatic rings. The maximum atomic E-state index is 11.2. The predicted molar refractivity (Wildman–Crippen MR) is 68.3 cm³/mol. The lowest BCUT2D eigenvalue weighted by molar-refractivity contribution is 0.101. The zero-order chi connectivity index (χ0) is 12.6. The van der Waals surface area contributed by atoms with Crippen LogP contribution in [0.3, 0.4) is 0 Å². The largest absolute Gasteiger partial charge is 0.295 e. The third-order valence-corrected chi connectivity index (χ3v) is 3.11. The molecule has 0 saturated heterocycles. The van der Waals surface area contributed by atoms with Crippen molar-refractivity contribution in [3.8, 4) is 5.69 Å². The van der Waals surface area contributed by atoms with Crippen LogP contribution in [-0.4, -0.2) is 15.6 Å². The minimum atomic E-state index is -0.0203. The van der Waals surface area contributed by atoms with Crippen molar-refractivity contribution in [3.63, 3.8) is 0 Å². The van der Waals surface area contributed by atoms with E-state index in [9.17, 15) is 4.79 Å². The van der Waals surface area contributed by atoms with Crippen LogP contribution in [0.5, 0.6) is 0 Å². The standard InChI is InChI=1S/C12H10Cl2N2O/c1-7-11(14)6-16(15-7)12-4-3-9(8(2)17)5-10(12)13/h3-6H,1-2H3. The normalized spacial score (nSPS) is 10.6. The van der Waals surface area contributed by atoms with Gasteiger partial charge in [-0.15, -0.1) is 0 Å². The number of rotatable bonds is 2. The third kappa shape index (κ3) is 2.35. The SMILES string of the molecule is CC(=O)c1ccc(-n2cc(Cl)c(C)n2)c(Cl)c1. The van der Waals surface area contributed by atoms with E-state index in [0.29, 0.717) is 21.3 Å². The van der Waals surface area contributed by atoms with Crippen molar-refractivity contribution >= 4 is 29.0 Å². The molecule has 0 atom stereocenters. The van der Waals surface area contributed by atoms with E-state index in [0.717, 1.165) is 5.69 Å². The van der Waals surface area contributed by atoms with E-state index in [-0.39, 0.29) is 5.78 Å². The van der Waals surface area contributed by atoms with Gasteiger partial charge in [-0.25, -0.2) is 4.68 Å². The number of nitrogens with zero attached hydrogens (tertiary/aromatic N) is 2. The molecule has 1 aromatic carbocycles. The summed E-state index contributed by atoms with van der Waals surface area (Å²) in [4.78, 5) is 11.2. The van der Waals surface area contributed by atoms with E-state index in [1.807, 2.05) is 6.92 Å². The molecule has 0 aliphatic carbocycles. The van der Waals surface area contributed by atoms with Gasteiger partial charge < -0.3 is 0 Å². The average Bonchev–Trinajstić information content (AvgIpc) is 2.58. The van der Waals surface area contributed by atoms with Crippen LogP contribution in [0.25, 0.3) is 5.69 Å². The molecule has 0 spiro atoms. The number of hydrogen-bond donors (Lipinski definition) is 0. The molecule has 0 N–H and O–H groups in total. The van der Waals surface area contributed by atoms with Crippen LogP contribution < -0.4 is 0 Å². The van der Waals surface area contributed by atoms with Crippen LogP contribution in [-0.2, 0) is 0 Å². The van der Waals surface area contributed by atoms with E-state index in [1.165, 1.54) is 6.92 Å². The lowest BCUT2D eigenvalue weighted by Gasteiger charge is -2.05. The summed E-state index contributed by atoms with van der Waals surface area (Å²) < 4.78 is 1.60. The number of benzene rings is 1. The molecular weight excluding hydrogens is 259 g/mol. The van der Waals surface area contributed by atoms with Gasteiger partial charge in [0.05, 0.1) is 21.4 Å². The molecule has 2 rings (SSSR count). The number of carbonyl (C=O) groups excluding carboxylic acids is 1. The summed E-state index contributed by atoms with van der Waals surface area (Å²) in [7, 11) is 0. The molecular formula is C12H10Cl2N2O. The molecule has 3 nitrogen and oxygen atoms in total. The van der Waals surface area contributed by atoms with Crippen molar-refractivity contribution in [1.82, 2.24) is 9.78 Å². The lowest BCUT2D eigenvalue weighted by Crippen LogP contribution is -1.98. The van der Waals surface area contributed by atoms with Crippen LogP contribution >= 0.6 is 23.2 Å². The Balaban J connectivity index is 2.50. The fraction of sp³-hybridized carbons (Fsp3) is 0.167. The first-order valence-corrected chi connectivity index (χ1v) is 5.77. The Morgan fingerprint density at radius 2 is 2.00 bits per heavy atom. The van der Waals surface area contributed by atoms with Crippen LogP contribution in [0.4, 0.5) is 0 Å². The molecule has 0 radical (unpaired) electrons. The minimum absolute atomic E-state index is 0.0203. The molecule has 0 aliphatic rings. The smallest absolute Gasteiger partial charge is 0.159 e. The molecule has 5 heteroatoms. The van der Waals surface area contributed by atoms with Gasteiger partial charge in [0.15, 0.2) is 5.78 Å². The monoisotopic (exact) mass is 268 g/mol. The second-order valence-corrected chi connectivity index (χ2v) is 4.54. The number of ketones is 1. The average molecular weight is 269 g/mol. The summed E-state index contributed by atoms with van der Waals surface area (Å²) in [6.45, 7) is 3.32. The fourth-order valence-electron chi connectivity index (χ4n) is 1.47. The molecule has 0 amide bonds. The van der Waals surface area contributed by atoms with E-state index in [2.05, 4.69) is 5.10 Å². The lowest BCUT2D eigenvalue weighted by atomic mass is 10.1. The summed E-state index contributed by atoms with van der Waals surface area (Å²) in [5, 5.41) is 5.28. The Morgan fingerprint density at radius 1 is 1.29 bits per heavy atom. The van der Waals surface area contributed by atoms with Gasteiger partial charge in [-0.05, 0) is 32.0 Å². The Labute approximate surface area is 109 Å². The molecule has 0 fully saturated rings. The summed E-state index contributed by atoms with van der Waals surface area (Å²) in [5.41, 5.74) is 2.01. The van der Waals surface area contributed by atoms with Crippen LogP contribution in [0.15, 0.2) is 24.4 Å².